The Balaban J connectivity index is 1.63. The molecule has 0 radical (unpaired) electrons. The number of carbonyl (C=O) groups is 1. The molecular formula is C25H28FN3O3S. The summed E-state index contributed by atoms with van der Waals surface area (Å²) in [5.41, 5.74) is 2.41. The predicted molar refractivity (Wildman–Crippen MR) is 129 cm³/mol. The van der Waals surface area contributed by atoms with Crippen LogP contribution in [0.5, 0.6) is 5.75 Å². The maximum absolute atomic E-state index is 13.4. The van der Waals surface area contributed by atoms with Gasteiger partial charge in [0, 0.05) is 29.8 Å². The van der Waals surface area contributed by atoms with Crippen LogP contribution in [0.25, 0.3) is 11.3 Å². The Bertz CT molecular complexity index is 1050. The number of amides is 1. The molecule has 1 amide bonds. The summed E-state index contributed by atoms with van der Waals surface area (Å²) < 4.78 is 24.3. The van der Waals surface area contributed by atoms with Crippen LogP contribution in [0.2, 0.25) is 0 Å². The van der Waals surface area contributed by atoms with Crippen molar-refractivity contribution in [1.29, 1.82) is 0 Å². The number of anilines is 2. The van der Waals surface area contributed by atoms with Crippen LogP contribution in [0.4, 0.5) is 15.2 Å². The average Bonchev–Trinajstić information content (AvgIpc) is 3.54. The molecule has 1 aliphatic rings. The molecule has 4 rings (SSSR count). The maximum Gasteiger partial charge on any atom is 0.243 e. The standard InChI is InChI=1S/C25H28FN3O3S/c1-3-23(24(30)27-15-21-5-4-14-32-21)29(19-10-12-20(31-2)13-11-19)25-28-22(16-33-25)17-6-8-18(26)9-7-17/h6-13,16,21,23H,3-5,14-15H2,1-2H3,(H,27,30)/t21-,23+/m0/s1. The lowest BCUT2D eigenvalue weighted by Crippen LogP contribution is -2.46. The molecule has 0 unspecified atom stereocenters. The van der Waals surface area contributed by atoms with E-state index in [-0.39, 0.29) is 17.8 Å². The van der Waals surface area contributed by atoms with Crippen molar-refractivity contribution in [3.05, 3.63) is 59.7 Å². The largest absolute Gasteiger partial charge is 0.497 e. The van der Waals surface area contributed by atoms with E-state index in [9.17, 15) is 9.18 Å². The molecule has 0 aliphatic carbocycles. The van der Waals surface area contributed by atoms with Crippen molar-refractivity contribution < 1.29 is 18.7 Å². The Hall–Kier alpha value is -2.97. The Kier molecular flexibility index (Phi) is 7.57. The van der Waals surface area contributed by atoms with Gasteiger partial charge < -0.3 is 19.7 Å². The number of thiazole rings is 1. The lowest BCUT2D eigenvalue weighted by molar-refractivity contribution is -0.122. The molecule has 1 saturated heterocycles. The van der Waals surface area contributed by atoms with Gasteiger partial charge in [0.05, 0.1) is 18.9 Å². The third kappa shape index (κ3) is 5.51. The summed E-state index contributed by atoms with van der Waals surface area (Å²) in [7, 11) is 1.62. The van der Waals surface area contributed by atoms with E-state index in [0.29, 0.717) is 18.1 Å². The number of aromatic nitrogens is 1. The molecule has 1 aliphatic heterocycles. The van der Waals surface area contributed by atoms with Crippen molar-refractivity contribution in [2.45, 2.75) is 38.3 Å². The van der Waals surface area contributed by atoms with E-state index in [0.717, 1.165) is 42.1 Å². The number of nitrogens with zero attached hydrogens (tertiary/aromatic N) is 2. The van der Waals surface area contributed by atoms with Crippen LogP contribution in [0, 0.1) is 5.82 Å². The van der Waals surface area contributed by atoms with Gasteiger partial charge in [-0.1, -0.05) is 6.92 Å². The molecule has 2 atom stereocenters. The minimum atomic E-state index is -0.452. The number of ether oxygens (including phenoxy) is 2. The molecule has 33 heavy (non-hydrogen) atoms. The third-order valence-electron chi connectivity index (χ3n) is 5.72. The summed E-state index contributed by atoms with van der Waals surface area (Å²) in [6, 6.07) is 13.4. The number of hydrogen-bond donors (Lipinski definition) is 1. The minimum absolute atomic E-state index is 0.0673. The van der Waals surface area contributed by atoms with Gasteiger partial charge in [0.1, 0.15) is 17.6 Å². The summed E-state index contributed by atoms with van der Waals surface area (Å²) in [5.74, 6) is 0.381. The lowest BCUT2D eigenvalue weighted by Gasteiger charge is -2.30. The Morgan fingerprint density at radius 2 is 2.03 bits per heavy atom. The number of carbonyl (C=O) groups excluding carboxylic acids is 1. The lowest BCUT2D eigenvalue weighted by atomic mass is 10.1. The first kappa shape index (κ1) is 23.2. The molecule has 0 saturated carbocycles. The van der Waals surface area contributed by atoms with Crippen molar-refractivity contribution in [3.8, 4) is 17.0 Å². The van der Waals surface area contributed by atoms with E-state index in [4.69, 9.17) is 14.5 Å². The van der Waals surface area contributed by atoms with E-state index in [1.165, 1.54) is 23.5 Å². The van der Waals surface area contributed by atoms with E-state index in [1.54, 1.807) is 19.2 Å². The fourth-order valence-electron chi connectivity index (χ4n) is 3.92. The van der Waals surface area contributed by atoms with Crippen molar-refractivity contribution in [2.24, 2.45) is 0 Å². The van der Waals surface area contributed by atoms with Crippen LogP contribution >= 0.6 is 11.3 Å². The van der Waals surface area contributed by atoms with E-state index >= 15 is 0 Å². The average molecular weight is 470 g/mol. The van der Waals surface area contributed by atoms with Gasteiger partial charge in [-0.2, -0.15) is 0 Å². The highest BCUT2D eigenvalue weighted by Crippen LogP contribution is 2.35. The van der Waals surface area contributed by atoms with Gasteiger partial charge in [0.25, 0.3) is 0 Å². The van der Waals surface area contributed by atoms with Crippen molar-refractivity contribution in [3.63, 3.8) is 0 Å². The number of benzene rings is 2. The zero-order valence-electron chi connectivity index (χ0n) is 18.8. The number of halogens is 1. The second-order valence-electron chi connectivity index (χ2n) is 7.89. The van der Waals surface area contributed by atoms with Crippen LogP contribution < -0.4 is 15.0 Å². The van der Waals surface area contributed by atoms with Crippen LogP contribution in [-0.2, 0) is 9.53 Å². The number of rotatable bonds is 9. The molecule has 8 heteroatoms. The summed E-state index contributed by atoms with van der Waals surface area (Å²) in [6.07, 6.45) is 2.66. The number of methoxy groups -OCH3 is 1. The zero-order chi connectivity index (χ0) is 23.2. The second-order valence-corrected chi connectivity index (χ2v) is 8.73. The molecule has 2 heterocycles. The quantitative estimate of drug-likeness (QED) is 0.468. The molecule has 0 bridgehead atoms. The fourth-order valence-corrected chi connectivity index (χ4v) is 4.82. The van der Waals surface area contributed by atoms with Crippen LogP contribution in [0.1, 0.15) is 26.2 Å². The molecule has 3 aromatic rings. The topological polar surface area (TPSA) is 63.7 Å². The summed E-state index contributed by atoms with van der Waals surface area (Å²) in [6.45, 7) is 3.24. The first-order valence-electron chi connectivity index (χ1n) is 11.1. The van der Waals surface area contributed by atoms with Crippen LogP contribution in [-0.4, -0.2) is 43.3 Å². The van der Waals surface area contributed by atoms with E-state index < -0.39 is 6.04 Å². The minimum Gasteiger partial charge on any atom is -0.497 e. The highest BCUT2D eigenvalue weighted by molar-refractivity contribution is 7.14. The van der Waals surface area contributed by atoms with E-state index in [1.807, 2.05) is 41.5 Å². The Morgan fingerprint density at radius 1 is 1.27 bits per heavy atom. The summed E-state index contributed by atoms with van der Waals surface area (Å²) in [5, 5.41) is 5.69. The SMILES string of the molecule is CC[C@H](C(=O)NC[C@@H]1CCCO1)N(c1ccc(OC)cc1)c1nc(-c2ccc(F)cc2)cs1. The molecule has 6 nitrogen and oxygen atoms in total. The third-order valence-corrected chi connectivity index (χ3v) is 6.56. The molecule has 0 spiro atoms. The zero-order valence-corrected chi connectivity index (χ0v) is 19.6. The van der Waals surface area contributed by atoms with Gasteiger partial charge in [-0.15, -0.1) is 11.3 Å². The first-order valence-corrected chi connectivity index (χ1v) is 12.0. The second kappa shape index (κ2) is 10.8. The highest BCUT2D eigenvalue weighted by Gasteiger charge is 2.29. The predicted octanol–water partition coefficient (Wildman–Crippen LogP) is 5.17. The molecule has 1 fully saturated rings. The Morgan fingerprint density at radius 3 is 2.67 bits per heavy atom. The van der Waals surface area contributed by atoms with Gasteiger partial charge in [-0.05, 0) is 67.8 Å². The van der Waals surface area contributed by atoms with Crippen molar-refractivity contribution >= 4 is 28.1 Å². The fraction of sp³-hybridized carbons (Fsp3) is 0.360. The highest BCUT2D eigenvalue weighted by atomic mass is 32.1. The molecule has 174 valence electrons. The number of nitrogens with one attached hydrogen (secondary N) is 1. The van der Waals surface area contributed by atoms with E-state index in [2.05, 4.69) is 5.32 Å². The monoisotopic (exact) mass is 469 g/mol. The molecular weight excluding hydrogens is 441 g/mol. The Labute approximate surface area is 197 Å². The van der Waals surface area contributed by atoms with Gasteiger partial charge in [0.2, 0.25) is 5.91 Å². The van der Waals surface area contributed by atoms with Crippen LogP contribution in [0.3, 0.4) is 0 Å². The van der Waals surface area contributed by atoms with Gasteiger partial charge in [-0.3, -0.25) is 4.79 Å². The van der Waals surface area contributed by atoms with Crippen molar-refractivity contribution in [1.82, 2.24) is 10.3 Å². The first-order chi connectivity index (χ1) is 16.1. The van der Waals surface area contributed by atoms with Gasteiger partial charge >= 0.3 is 0 Å². The molecule has 2 aromatic carbocycles. The summed E-state index contributed by atoms with van der Waals surface area (Å²) in [4.78, 5) is 20.0. The van der Waals surface area contributed by atoms with Crippen molar-refractivity contribution in [2.75, 3.05) is 25.2 Å². The van der Waals surface area contributed by atoms with Gasteiger partial charge in [-0.25, -0.2) is 9.37 Å². The normalized spacial score (nSPS) is 16.4. The molecule has 1 aromatic heterocycles. The van der Waals surface area contributed by atoms with Gasteiger partial charge in [0.15, 0.2) is 5.13 Å². The molecule has 1 N–H and O–H groups in total. The number of hydrogen-bond acceptors (Lipinski definition) is 6. The smallest absolute Gasteiger partial charge is 0.243 e. The summed E-state index contributed by atoms with van der Waals surface area (Å²) >= 11 is 1.45. The maximum atomic E-state index is 13.4. The van der Waals surface area contributed by atoms with Crippen LogP contribution in [0.15, 0.2) is 53.9 Å².